The van der Waals surface area contributed by atoms with Gasteiger partial charge in [0.1, 0.15) is 6.61 Å². The van der Waals surface area contributed by atoms with Gasteiger partial charge in [-0.2, -0.15) is 0 Å². The van der Waals surface area contributed by atoms with Crippen LogP contribution in [0.2, 0.25) is 0 Å². The number of hydrogen-bond acceptors (Lipinski definition) is 7. The van der Waals surface area contributed by atoms with Crippen LogP contribution in [0.3, 0.4) is 0 Å². The lowest BCUT2D eigenvalue weighted by atomic mass is 10.1. The maximum Gasteiger partial charge on any atom is 0.363 e. The van der Waals surface area contributed by atoms with Crippen molar-refractivity contribution in [3.05, 3.63) is 80.9 Å². The van der Waals surface area contributed by atoms with Crippen LogP contribution in [-0.2, 0) is 16.1 Å². The summed E-state index contributed by atoms with van der Waals surface area (Å²) in [6, 6.07) is 13.1. The summed E-state index contributed by atoms with van der Waals surface area (Å²) in [4.78, 5) is 21.1. The summed E-state index contributed by atoms with van der Waals surface area (Å²) in [6.07, 6.45) is 1.67. The number of hydrogen-bond donors (Lipinski definition) is 0. The average molecular weight is 420 g/mol. The number of methoxy groups -OCH3 is 1. The zero-order valence-electron chi connectivity index (χ0n) is 16.8. The molecule has 0 spiro atoms. The van der Waals surface area contributed by atoms with E-state index in [1.54, 1.807) is 36.7 Å². The van der Waals surface area contributed by atoms with Crippen LogP contribution < -0.4 is 9.47 Å². The van der Waals surface area contributed by atoms with Crippen LogP contribution in [0, 0.1) is 13.8 Å². The van der Waals surface area contributed by atoms with E-state index in [0.29, 0.717) is 24.0 Å². The molecule has 3 aromatic rings. The Morgan fingerprint density at radius 2 is 1.97 bits per heavy atom. The monoisotopic (exact) mass is 420 g/mol. The lowest BCUT2D eigenvalue weighted by Crippen LogP contribution is -2.06. The first-order valence-corrected chi connectivity index (χ1v) is 10.2. The molecule has 0 unspecified atom stereocenters. The van der Waals surface area contributed by atoms with E-state index in [1.807, 2.05) is 49.6 Å². The summed E-state index contributed by atoms with van der Waals surface area (Å²) >= 11 is 1.58. The molecular weight excluding hydrogens is 400 g/mol. The van der Waals surface area contributed by atoms with Crippen LogP contribution in [0.15, 0.2) is 58.5 Å². The Bertz CT molecular complexity index is 1160. The highest BCUT2D eigenvalue weighted by atomic mass is 32.1. The van der Waals surface area contributed by atoms with Gasteiger partial charge in [0.15, 0.2) is 17.2 Å². The first kappa shape index (κ1) is 19.8. The normalized spacial score (nSPS) is 14.6. The van der Waals surface area contributed by atoms with E-state index in [-0.39, 0.29) is 5.70 Å². The molecule has 2 heterocycles. The van der Waals surface area contributed by atoms with Gasteiger partial charge in [0.2, 0.25) is 5.90 Å². The highest BCUT2D eigenvalue weighted by Crippen LogP contribution is 2.30. The quantitative estimate of drug-likeness (QED) is 0.427. The SMILES string of the molecule is COc1cc(/C=C2\N=C(c3ccccc3C)OC2=O)ccc1OCc1csc(C)n1. The van der Waals surface area contributed by atoms with Gasteiger partial charge in [-0.25, -0.2) is 14.8 Å². The molecule has 1 aliphatic heterocycles. The summed E-state index contributed by atoms with van der Waals surface area (Å²) in [6.45, 7) is 4.26. The minimum atomic E-state index is -0.480. The number of esters is 1. The average Bonchev–Trinajstić information content (AvgIpc) is 3.32. The molecule has 4 rings (SSSR count). The minimum absolute atomic E-state index is 0.238. The summed E-state index contributed by atoms with van der Waals surface area (Å²) < 4.78 is 16.7. The van der Waals surface area contributed by atoms with Gasteiger partial charge in [-0.15, -0.1) is 11.3 Å². The van der Waals surface area contributed by atoms with Gasteiger partial charge in [-0.3, -0.25) is 0 Å². The van der Waals surface area contributed by atoms with Crippen LogP contribution in [0.1, 0.15) is 27.4 Å². The first-order valence-electron chi connectivity index (χ1n) is 9.34. The zero-order chi connectivity index (χ0) is 21.1. The molecule has 6 nitrogen and oxygen atoms in total. The van der Waals surface area contributed by atoms with Crippen LogP contribution in [0.4, 0.5) is 0 Å². The Hall–Kier alpha value is -3.45. The second kappa shape index (κ2) is 8.51. The van der Waals surface area contributed by atoms with Gasteiger partial charge in [0.05, 0.1) is 17.8 Å². The highest BCUT2D eigenvalue weighted by Gasteiger charge is 2.25. The summed E-state index contributed by atoms with van der Waals surface area (Å²) in [5.74, 6) is 0.996. The van der Waals surface area contributed by atoms with E-state index in [2.05, 4.69) is 9.98 Å². The van der Waals surface area contributed by atoms with Crippen molar-refractivity contribution in [2.75, 3.05) is 7.11 Å². The summed E-state index contributed by atoms with van der Waals surface area (Å²) in [7, 11) is 1.57. The molecule has 0 atom stereocenters. The largest absolute Gasteiger partial charge is 0.493 e. The number of ether oxygens (including phenoxy) is 3. The predicted molar refractivity (Wildman–Crippen MR) is 116 cm³/mol. The minimum Gasteiger partial charge on any atom is -0.493 e. The molecular formula is C23H20N2O4S. The molecule has 0 aliphatic carbocycles. The van der Waals surface area contributed by atoms with Gasteiger partial charge >= 0.3 is 5.97 Å². The fraction of sp³-hybridized carbons (Fsp3) is 0.174. The van der Waals surface area contributed by atoms with Crippen molar-refractivity contribution in [1.29, 1.82) is 0 Å². The van der Waals surface area contributed by atoms with Crippen molar-refractivity contribution in [3.8, 4) is 11.5 Å². The number of thiazole rings is 1. The molecule has 0 saturated heterocycles. The second-order valence-electron chi connectivity index (χ2n) is 6.71. The molecule has 30 heavy (non-hydrogen) atoms. The lowest BCUT2D eigenvalue weighted by molar-refractivity contribution is -0.129. The Morgan fingerprint density at radius 3 is 2.70 bits per heavy atom. The Balaban J connectivity index is 1.56. The molecule has 7 heteroatoms. The highest BCUT2D eigenvalue weighted by molar-refractivity contribution is 7.09. The van der Waals surface area contributed by atoms with E-state index in [0.717, 1.165) is 27.4 Å². The molecule has 2 aromatic carbocycles. The number of aliphatic imine (C=N–C) groups is 1. The van der Waals surface area contributed by atoms with Crippen molar-refractivity contribution >= 4 is 29.3 Å². The van der Waals surface area contributed by atoms with Crippen LogP contribution in [-0.4, -0.2) is 24.0 Å². The number of aryl methyl sites for hydroxylation is 2. The third-order valence-electron chi connectivity index (χ3n) is 4.53. The maximum atomic E-state index is 12.3. The van der Waals surface area contributed by atoms with E-state index < -0.39 is 5.97 Å². The third kappa shape index (κ3) is 4.26. The van der Waals surface area contributed by atoms with E-state index >= 15 is 0 Å². The van der Waals surface area contributed by atoms with Crippen molar-refractivity contribution in [2.45, 2.75) is 20.5 Å². The number of carbonyl (C=O) groups is 1. The molecule has 0 saturated carbocycles. The number of aromatic nitrogens is 1. The van der Waals surface area contributed by atoms with Crippen LogP contribution in [0.25, 0.3) is 6.08 Å². The topological polar surface area (TPSA) is 70.0 Å². The molecule has 1 aliphatic rings. The van der Waals surface area contributed by atoms with Gasteiger partial charge in [0.25, 0.3) is 0 Å². The molecule has 0 bridgehead atoms. The lowest BCUT2D eigenvalue weighted by Gasteiger charge is -2.10. The fourth-order valence-corrected chi connectivity index (χ4v) is 3.61. The number of carbonyl (C=O) groups excluding carboxylic acids is 1. The Labute approximate surface area is 178 Å². The van der Waals surface area contributed by atoms with Crippen molar-refractivity contribution in [3.63, 3.8) is 0 Å². The Kier molecular flexibility index (Phi) is 5.63. The smallest absolute Gasteiger partial charge is 0.363 e. The van der Waals surface area contributed by atoms with E-state index in [4.69, 9.17) is 14.2 Å². The van der Waals surface area contributed by atoms with Crippen molar-refractivity contribution in [1.82, 2.24) is 4.98 Å². The van der Waals surface area contributed by atoms with Gasteiger partial charge in [0, 0.05) is 10.9 Å². The number of nitrogens with zero attached hydrogens (tertiary/aromatic N) is 2. The number of rotatable bonds is 6. The molecule has 1 aromatic heterocycles. The summed E-state index contributed by atoms with van der Waals surface area (Å²) in [5, 5.41) is 2.97. The molecule has 0 fully saturated rings. The van der Waals surface area contributed by atoms with Gasteiger partial charge < -0.3 is 14.2 Å². The number of benzene rings is 2. The standard InChI is InChI=1S/C23H20N2O4S/c1-14-6-4-5-7-18(14)22-25-19(23(26)29-22)10-16-8-9-20(21(11-16)27-3)28-12-17-13-30-15(2)24-17/h4-11,13H,12H2,1-3H3/b19-10-. The van der Waals surface area contributed by atoms with Crippen LogP contribution in [0.5, 0.6) is 11.5 Å². The van der Waals surface area contributed by atoms with Gasteiger partial charge in [-0.05, 0) is 49.2 Å². The second-order valence-corrected chi connectivity index (χ2v) is 7.77. The number of cyclic esters (lactones) is 1. The summed E-state index contributed by atoms with van der Waals surface area (Å²) in [5.41, 5.74) is 3.65. The predicted octanol–water partition coefficient (Wildman–Crippen LogP) is 4.69. The first-order chi connectivity index (χ1) is 14.5. The molecule has 152 valence electrons. The third-order valence-corrected chi connectivity index (χ3v) is 5.35. The molecule has 0 radical (unpaired) electrons. The van der Waals surface area contributed by atoms with Crippen molar-refractivity contribution in [2.24, 2.45) is 4.99 Å². The Morgan fingerprint density at radius 1 is 1.13 bits per heavy atom. The fourth-order valence-electron chi connectivity index (χ4n) is 3.01. The van der Waals surface area contributed by atoms with E-state index in [9.17, 15) is 4.79 Å². The zero-order valence-corrected chi connectivity index (χ0v) is 17.7. The van der Waals surface area contributed by atoms with Crippen LogP contribution >= 0.6 is 11.3 Å². The van der Waals surface area contributed by atoms with Gasteiger partial charge in [-0.1, -0.05) is 24.3 Å². The molecule has 0 amide bonds. The maximum absolute atomic E-state index is 12.3. The van der Waals surface area contributed by atoms with E-state index in [1.165, 1.54) is 0 Å². The van der Waals surface area contributed by atoms with Crippen molar-refractivity contribution < 1.29 is 19.0 Å². The molecule has 0 N–H and O–H groups in total.